The van der Waals surface area contributed by atoms with Gasteiger partial charge in [-0.25, -0.2) is 9.50 Å². The van der Waals surface area contributed by atoms with Crippen LogP contribution in [0.4, 0.5) is 0 Å². The number of rotatable bonds is 6. The Balaban J connectivity index is 1.29. The molecule has 6 heteroatoms. The second kappa shape index (κ2) is 7.31. The number of carbonyl (C=O) groups excluding carboxylic acids is 1. The van der Waals surface area contributed by atoms with E-state index in [4.69, 9.17) is 0 Å². The molecule has 0 saturated carbocycles. The number of nitrogens with zero attached hydrogens (tertiary/aromatic N) is 4. The number of hydrogen-bond acceptors (Lipinski definition) is 4. The van der Waals surface area contributed by atoms with Crippen LogP contribution < -0.4 is 5.32 Å². The van der Waals surface area contributed by atoms with Crippen molar-refractivity contribution in [3.63, 3.8) is 0 Å². The molecular weight excluding hydrogens is 326 g/mol. The lowest BCUT2D eigenvalue weighted by Crippen LogP contribution is -2.26. The number of aryl methyl sites for hydroxylation is 1. The number of amides is 1. The largest absolute Gasteiger partial charge is 0.356 e. The van der Waals surface area contributed by atoms with Crippen LogP contribution in [0.3, 0.4) is 0 Å². The zero-order chi connectivity index (χ0) is 17.8. The maximum absolute atomic E-state index is 12.3. The van der Waals surface area contributed by atoms with Crippen LogP contribution in [0.1, 0.15) is 17.5 Å². The lowest BCUT2D eigenvalue weighted by molar-refractivity contribution is -0.120. The summed E-state index contributed by atoms with van der Waals surface area (Å²) in [7, 11) is 0. The molecule has 0 aliphatic rings. The summed E-state index contributed by atoms with van der Waals surface area (Å²) in [5.41, 5.74) is 2.13. The van der Waals surface area contributed by atoms with Crippen LogP contribution in [0.2, 0.25) is 0 Å². The smallest absolute Gasteiger partial charge is 0.252 e. The molecule has 0 atom stereocenters. The van der Waals surface area contributed by atoms with Crippen molar-refractivity contribution >= 4 is 22.5 Å². The topological polar surface area (TPSA) is 72.2 Å². The molecule has 4 rings (SSSR count). The van der Waals surface area contributed by atoms with Crippen LogP contribution in [0, 0.1) is 0 Å². The van der Waals surface area contributed by atoms with Crippen LogP contribution in [0.15, 0.2) is 61.2 Å². The van der Waals surface area contributed by atoms with Crippen LogP contribution in [0.5, 0.6) is 0 Å². The summed E-state index contributed by atoms with van der Waals surface area (Å²) in [4.78, 5) is 20.5. The first-order valence-corrected chi connectivity index (χ1v) is 8.67. The minimum atomic E-state index is 0.0474. The zero-order valence-corrected chi connectivity index (χ0v) is 14.3. The Labute approximate surface area is 150 Å². The van der Waals surface area contributed by atoms with Crippen LogP contribution in [0.25, 0.3) is 16.6 Å². The fraction of sp³-hybridized carbons (Fsp3) is 0.200. The first-order valence-electron chi connectivity index (χ1n) is 8.67. The third kappa shape index (κ3) is 3.54. The number of aromatic nitrogens is 4. The van der Waals surface area contributed by atoms with E-state index >= 15 is 0 Å². The Kier molecular flexibility index (Phi) is 4.55. The summed E-state index contributed by atoms with van der Waals surface area (Å²) in [6.07, 6.45) is 7.29. The molecule has 26 heavy (non-hydrogen) atoms. The first kappa shape index (κ1) is 16.2. The van der Waals surface area contributed by atoms with E-state index in [1.54, 1.807) is 4.52 Å². The number of fused-ring (bicyclic) bond motifs is 2. The molecule has 2 aromatic heterocycles. The van der Waals surface area contributed by atoms with Gasteiger partial charge in [-0.3, -0.25) is 4.79 Å². The summed E-state index contributed by atoms with van der Waals surface area (Å²) < 4.78 is 1.66. The van der Waals surface area contributed by atoms with E-state index in [1.807, 2.05) is 36.7 Å². The molecule has 2 aromatic carbocycles. The second-order valence-corrected chi connectivity index (χ2v) is 6.24. The minimum absolute atomic E-state index is 0.0474. The van der Waals surface area contributed by atoms with Crippen LogP contribution in [-0.2, 0) is 17.6 Å². The van der Waals surface area contributed by atoms with Crippen molar-refractivity contribution in [3.05, 3.63) is 72.3 Å². The van der Waals surface area contributed by atoms with Gasteiger partial charge in [0.1, 0.15) is 6.33 Å². The van der Waals surface area contributed by atoms with E-state index in [0.29, 0.717) is 18.7 Å². The Morgan fingerprint density at radius 2 is 1.96 bits per heavy atom. The highest BCUT2D eigenvalue weighted by molar-refractivity contribution is 5.90. The molecule has 0 saturated heterocycles. The van der Waals surface area contributed by atoms with Gasteiger partial charge in [-0.2, -0.15) is 10.1 Å². The molecule has 0 bridgehead atoms. The van der Waals surface area contributed by atoms with Gasteiger partial charge in [0.05, 0.1) is 6.42 Å². The lowest BCUT2D eigenvalue weighted by Gasteiger charge is -2.08. The van der Waals surface area contributed by atoms with Crippen molar-refractivity contribution < 1.29 is 4.79 Å². The highest BCUT2D eigenvalue weighted by Gasteiger charge is 2.06. The molecule has 0 spiro atoms. The van der Waals surface area contributed by atoms with E-state index < -0.39 is 0 Å². The van der Waals surface area contributed by atoms with Gasteiger partial charge in [0, 0.05) is 18.9 Å². The van der Waals surface area contributed by atoms with Gasteiger partial charge in [-0.1, -0.05) is 42.5 Å². The second-order valence-electron chi connectivity index (χ2n) is 6.24. The minimum Gasteiger partial charge on any atom is -0.356 e. The first-order chi connectivity index (χ1) is 12.8. The van der Waals surface area contributed by atoms with Crippen LogP contribution >= 0.6 is 0 Å². The van der Waals surface area contributed by atoms with E-state index in [0.717, 1.165) is 34.7 Å². The summed E-state index contributed by atoms with van der Waals surface area (Å²) in [6.45, 7) is 0.638. The molecule has 6 nitrogen and oxygen atoms in total. The molecule has 130 valence electrons. The average molecular weight is 345 g/mol. The van der Waals surface area contributed by atoms with Gasteiger partial charge in [-0.15, -0.1) is 0 Å². The Morgan fingerprint density at radius 3 is 2.92 bits per heavy atom. The van der Waals surface area contributed by atoms with Crippen molar-refractivity contribution in [1.82, 2.24) is 24.9 Å². The molecule has 1 N–H and O–H groups in total. The summed E-state index contributed by atoms with van der Waals surface area (Å²) in [5, 5.41) is 9.38. The van der Waals surface area contributed by atoms with E-state index in [9.17, 15) is 4.79 Å². The quantitative estimate of drug-likeness (QED) is 0.545. The predicted molar refractivity (Wildman–Crippen MR) is 99.8 cm³/mol. The van der Waals surface area contributed by atoms with Gasteiger partial charge < -0.3 is 5.32 Å². The number of hydrogen-bond donors (Lipinski definition) is 1. The van der Waals surface area contributed by atoms with Gasteiger partial charge in [0.2, 0.25) is 5.91 Å². The van der Waals surface area contributed by atoms with Gasteiger partial charge in [0.25, 0.3) is 5.78 Å². The fourth-order valence-corrected chi connectivity index (χ4v) is 3.09. The van der Waals surface area contributed by atoms with Crippen molar-refractivity contribution in [2.24, 2.45) is 0 Å². The maximum atomic E-state index is 12.3. The molecule has 2 heterocycles. The van der Waals surface area contributed by atoms with Crippen molar-refractivity contribution in [3.8, 4) is 0 Å². The summed E-state index contributed by atoms with van der Waals surface area (Å²) >= 11 is 0. The molecule has 0 aliphatic carbocycles. The molecule has 0 aliphatic heterocycles. The van der Waals surface area contributed by atoms with Gasteiger partial charge in [0.15, 0.2) is 0 Å². The summed E-state index contributed by atoms with van der Waals surface area (Å²) in [5.74, 6) is 0.642. The standard InChI is InChI=1S/C20H19N5O/c26-19(11-17-8-3-7-16-6-1-2-9-18(16)17)21-10-4-5-15-12-22-20-23-14-24-25(20)13-15/h1-3,6-9,12-14H,4-5,10-11H2,(H,21,26). The van der Waals surface area contributed by atoms with Crippen LogP contribution in [-0.4, -0.2) is 32.0 Å². The Bertz CT molecular complexity index is 1050. The molecule has 0 fully saturated rings. The molecule has 1 amide bonds. The van der Waals surface area contributed by atoms with Crippen molar-refractivity contribution in [1.29, 1.82) is 0 Å². The zero-order valence-electron chi connectivity index (χ0n) is 14.3. The fourth-order valence-electron chi connectivity index (χ4n) is 3.09. The summed E-state index contributed by atoms with van der Waals surface area (Å²) in [6, 6.07) is 14.2. The Morgan fingerprint density at radius 1 is 1.08 bits per heavy atom. The molecular formula is C20H19N5O. The third-order valence-corrected chi connectivity index (χ3v) is 4.38. The Hall–Kier alpha value is -3.28. The number of nitrogens with one attached hydrogen (secondary N) is 1. The number of carbonyl (C=O) groups is 1. The lowest BCUT2D eigenvalue weighted by atomic mass is 10.0. The molecule has 4 aromatic rings. The average Bonchev–Trinajstić information content (AvgIpc) is 3.13. The highest BCUT2D eigenvalue weighted by atomic mass is 16.1. The predicted octanol–water partition coefficient (Wildman–Crippen LogP) is 2.57. The number of benzene rings is 2. The SMILES string of the molecule is O=C(Cc1cccc2ccccc12)NCCCc1cnc2ncnn2c1. The molecule has 0 radical (unpaired) electrons. The third-order valence-electron chi connectivity index (χ3n) is 4.38. The van der Waals surface area contributed by atoms with Crippen molar-refractivity contribution in [2.75, 3.05) is 6.54 Å². The van der Waals surface area contributed by atoms with Gasteiger partial charge >= 0.3 is 0 Å². The highest BCUT2D eigenvalue weighted by Crippen LogP contribution is 2.18. The van der Waals surface area contributed by atoms with E-state index in [1.165, 1.54) is 6.33 Å². The molecule has 0 unspecified atom stereocenters. The maximum Gasteiger partial charge on any atom is 0.252 e. The normalized spacial score (nSPS) is 11.1. The van der Waals surface area contributed by atoms with Gasteiger partial charge in [-0.05, 0) is 34.7 Å². The van der Waals surface area contributed by atoms with Crippen molar-refractivity contribution in [2.45, 2.75) is 19.3 Å². The van der Waals surface area contributed by atoms with E-state index in [2.05, 4.69) is 38.6 Å². The monoisotopic (exact) mass is 345 g/mol. The van der Waals surface area contributed by atoms with E-state index in [-0.39, 0.29) is 5.91 Å².